The number of anilines is 3. The number of carbonyl (C=O) groups excluding carboxylic acids is 1. The summed E-state index contributed by atoms with van der Waals surface area (Å²) in [5, 5.41) is 2.36. The standard InChI is InChI=1S/C23H22F4N4O3S/c1-3-8-35(33,34)31-23-19(26)13(6-7-29-23)10-14-11-15(22(28)32)21(20(27)18(14)25)30-17-5-4-12(2)9-16(17)24/h4-7,9,11,30H,3,8,10H2,1-2H3,(H2,28,32)(H,29,31). The molecule has 0 aliphatic carbocycles. The molecule has 2 aromatic carbocycles. The van der Waals surface area contributed by atoms with Crippen LogP contribution in [0, 0.1) is 30.2 Å². The first-order valence-corrected chi connectivity index (χ1v) is 12.1. The number of rotatable bonds is 9. The van der Waals surface area contributed by atoms with Gasteiger partial charge in [0.2, 0.25) is 10.0 Å². The molecular formula is C23H22F4N4O3S. The molecule has 0 spiro atoms. The largest absolute Gasteiger partial charge is 0.366 e. The van der Waals surface area contributed by atoms with Crippen LogP contribution in [0.5, 0.6) is 0 Å². The molecule has 1 heterocycles. The Balaban J connectivity index is 2.02. The molecule has 4 N–H and O–H groups in total. The highest BCUT2D eigenvalue weighted by atomic mass is 32.2. The number of benzene rings is 2. The summed E-state index contributed by atoms with van der Waals surface area (Å²) in [7, 11) is -3.86. The van der Waals surface area contributed by atoms with Crippen LogP contribution >= 0.6 is 0 Å². The van der Waals surface area contributed by atoms with Crippen LogP contribution in [0.25, 0.3) is 0 Å². The van der Waals surface area contributed by atoms with Crippen molar-refractivity contribution >= 4 is 33.1 Å². The summed E-state index contributed by atoms with van der Waals surface area (Å²) in [5.41, 5.74) is 3.90. The second-order valence-electron chi connectivity index (χ2n) is 7.79. The molecule has 0 fully saturated rings. The highest BCUT2D eigenvalue weighted by Gasteiger charge is 2.24. The van der Waals surface area contributed by atoms with Crippen molar-refractivity contribution in [2.24, 2.45) is 5.73 Å². The molecule has 3 aromatic rings. The van der Waals surface area contributed by atoms with Gasteiger partial charge in [-0.05, 0) is 54.3 Å². The lowest BCUT2D eigenvalue weighted by Gasteiger charge is -2.16. The van der Waals surface area contributed by atoms with E-state index in [1.54, 1.807) is 13.8 Å². The van der Waals surface area contributed by atoms with Crippen molar-refractivity contribution in [3.8, 4) is 0 Å². The van der Waals surface area contributed by atoms with E-state index in [1.165, 1.54) is 12.1 Å². The Morgan fingerprint density at radius 1 is 1.03 bits per heavy atom. The fourth-order valence-electron chi connectivity index (χ4n) is 3.34. The van der Waals surface area contributed by atoms with Gasteiger partial charge in [0, 0.05) is 12.6 Å². The summed E-state index contributed by atoms with van der Waals surface area (Å²) >= 11 is 0. The van der Waals surface area contributed by atoms with E-state index in [-0.39, 0.29) is 23.4 Å². The Kier molecular flexibility index (Phi) is 7.64. The molecule has 0 saturated heterocycles. The molecule has 0 aliphatic rings. The Labute approximate surface area is 199 Å². The van der Waals surface area contributed by atoms with E-state index in [0.717, 1.165) is 24.4 Å². The zero-order chi connectivity index (χ0) is 25.9. The van der Waals surface area contributed by atoms with Gasteiger partial charge < -0.3 is 11.1 Å². The number of aromatic nitrogens is 1. The predicted octanol–water partition coefficient (Wildman–Crippen LogP) is 4.53. The number of aryl methyl sites for hydroxylation is 1. The van der Waals surface area contributed by atoms with E-state index in [9.17, 15) is 26.4 Å². The van der Waals surface area contributed by atoms with Crippen molar-refractivity contribution in [1.29, 1.82) is 0 Å². The molecule has 1 aromatic heterocycles. The number of pyridine rings is 1. The number of sulfonamides is 1. The topological polar surface area (TPSA) is 114 Å². The summed E-state index contributed by atoms with van der Waals surface area (Å²) in [5.74, 6) is -6.79. The molecule has 3 rings (SSSR count). The third-order valence-corrected chi connectivity index (χ3v) is 6.46. The van der Waals surface area contributed by atoms with E-state index >= 15 is 4.39 Å². The van der Waals surface area contributed by atoms with Crippen molar-refractivity contribution in [2.75, 3.05) is 15.8 Å². The summed E-state index contributed by atoms with van der Waals surface area (Å²) in [6.45, 7) is 3.26. The Bertz CT molecular complexity index is 1400. The minimum Gasteiger partial charge on any atom is -0.366 e. The monoisotopic (exact) mass is 510 g/mol. The van der Waals surface area contributed by atoms with Crippen molar-refractivity contribution < 1.29 is 30.8 Å². The molecule has 0 bridgehead atoms. The number of nitrogens with two attached hydrogens (primary N) is 1. The maximum atomic E-state index is 15.0. The average molecular weight is 511 g/mol. The van der Waals surface area contributed by atoms with E-state index in [0.29, 0.717) is 5.56 Å². The molecule has 0 radical (unpaired) electrons. The van der Waals surface area contributed by atoms with E-state index in [4.69, 9.17) is 5.73 Å². The fourth-order valence-corrected chi connectivity index (χ4v) is 4.42. The molecular weight excluding hydrogens is 488 g/mol. The van der Waals surface area contributed by atoms with Crippen molar-refractivity contribution in [1.82, 2.24) is 4.98 Å². The molecule has 0 aliphatic heterocycles. The number of amides is 1. The van der Waals surface area contributed by atoms with Gasteiger partial charge in [-0.3, -0.25) is 9.52 Å². The Morgan fingerprint density at radius 2 is 1.74 bits per heavy atom. The van der Waals surface area contributed by atoms with Crippen LogP contribution < -0.4 is 15.8 Å². The second kappa shape index (κ2) is 10.3. The van der Waals surface area contributed by atoms with Crippen LogP contribution in [0.3, 0.4) is 0 Å². The van der Waals surface area contributed by atoms with Gasteiger partial charge in [0.25, 0.3) is 5.91 Å². The first-order valence-electron chi connectivity index (χ1n) is 10.4. The van der Waals surface area contributed by atoms with Crippen LogP contribution in [0.2, 0.25) is 0 Å². The minimum atomic E-state index is -3.86. The minimum absolute atomic E-state index is 0.215. The number of primary amides is 1. The Morgan fingerprint density at radius 3 is 2.37 bits per heavy atom. The lowest BCUT2D eigenvalue weighted by molar-refractivity contribution is 0.100. The SMILES string of the molecule is CCCS(=O)(=O)Nc1nccc(Cc2cc(C(N)=O)c(Nc3ccc(C)cc3F)c(F)c2F)c1F. The zero-order valence-corrected chi connectivity index (χ0v) is 19.6. The normalized spacial score (nSPS) is 11.4. The number of hydrogen-bond acceptors (Lipinski definition) is 5. The van der Waals surface area contributed by atoms with Crippen LogP contribution in [-0.4, -0.2) is 25.1 Å². The van der Waals surface area contributed by atoms with E-state index < -0.39 is 68.3 Å². The van der Waals surface area contributed by atoms with Gasteiger partial charge in [-0.2, -0.15) is 0 Å². The predicted molar refractivity (Wildman–Crippen MR) is 124 cm³/mol. The zero-order valence-electron chi connectivity index (χ0n) is 18.8. The maximum Gasteiger partial charge on any atom is 0.250 e. The van der Waals surface area contributed by atoms with Crippen molar-refractivity contribution in [3.05, 3.63) is 82.1 Å². The molecule has 35 heavy (non-hydrogen) atoms. The number of nitrogens with zero attached hydrogens (tertiary/aromatic N) is 1. The number of halogens is 4. The average Bonchev–Trinajstić information content (AvgIpc) is 2.77. The summed E-state index contributed by atoms with van der Waals surface area (Å²) in [6.07, 6.45) is 0.824. The summed E-state index contributed by atoms with van der Waals surface area (Å²) < 4.78 is 85.0. The van der Waals surface area contributed by atoms with Crippen molar-refractivity contribution in [2.45, 2.75) is 26.7 Å². The van der Waals surface area contributed by atoms with Crippen LogP contribution in [0.15, 0.2) is 36.5 Å². The Hall–Kier alpha value is -3.67. The molecule has 186 valence electrons. The first-order chi connectivity index (χ1) is 16.4. The smallest absolute Gasteiger partial charge is 0.250 e. The molecule has 0 saturated carbocycles. The summed E-state index contributed by atoms with van der Waals surface area (Å²) in [6, 6.07) is 6.05. The van der Waals surface area contributed by atoms with E-state index in [2.05, 4.69) is 10.3 Å². The van der Waals surface area contributed by atoms with Gasteiger partial charge >= 0.3 is 0 Å². The molecule has 0 atom stereocenters. The summed E-state index contributed by atoms with van der Waals surface area (Å²) in [4.78, 5) is 15.7. The van der Waals surface area contributed by atoms with E-state index in [1.807, 2.05) is 4.72 Å². The maximum absolute atomic E-state index is 15.0. The third-order valence-electron chi connectivity index (χ3n) is 5.01. The number of carbonyl (C=O) groups is 1. The van der Waals surface area contributed by atoms with Gasteiger partial charge in [-0.1, -0.05) is 13.0 Å². The van der Waals surface area contributed by atoms with Gasteiger partial charge in [0.05, 0.1) is 22.7 Å². The highest BCUT2D eigenvalue weighted by molar-refractivity contribution is 7.92. The first kappa shape index (κ1) is 25.9. The second-order valence-corrected chi connectivity index (χ2v) is 9.63. The number of nitrogens with one attached hydrogen (secondary N) is 2. The van der Waals surface area contributed by atoms with Gasteiger partial charge in [0.15, 0.2) is 23.3 Å². The third kappa shape index (κ3) is 5.88. The lowest BCUT2D eigenvalue weighted by Crippen LogP contribution is -2.19. The van der Waals surface area contributed by atoms with Crippen LogP contribution in [0.1, 0.15) is 40.4 Å². The molecule has 1 amide bonds. The lowest BCUT2D eigenvalue weighted by atomic mass is 10.00. The highest BCUT2D eigenvalue weighted by Crippen LogP contribution is 2.31. The van der Waals surface area contributed by atoms with Crippen molar-refractivity contribution in [3.63, 3.8) is 0 Å². The van der Waals surface area contributed by atoms with Crippen LogP contribution in [0.4, 0.5) is 34.8 Å². The van der Waals surface area contributed by atoms with Crippen LogP contribution in [-0.2, 0) is 16.4 Å². The molecule has 0 unspecified atom stereocenters. The van der Waals surface area contributed by atoms with Gasteiger partial charge in [0.1, 0.15) is 5.82 Å². The fraction of sp³-hybridized carbons (Fsp3) is 0.217. The van der Waals surface area contributed by atoms with Gasteiger partial charge in [-0.15, -0.1) is 0 Å². The molecule has 12 heteroatoms. The van der Waals surface area contributed by atoms with Gasteiger partial charge in [-0.25, -0.2) is 31.0 Å². The molecule has 7 nitrogen and oxygen atoms in total. The number of hydrogen-bond donors (Lipinski definition) is 3. The quantitative estimate of drug-likeness (QED) is 0.366.